The monoisotopic (exact) mass is 1030 g/mol. The van der Waals surface area contributed by atoms with Crippen LogP contribution >= 0.6 is 0 Å². The Labute approximate surface area is 427 Å². The van der Waals surface area contributed by atoms with E-state index in [1.165, 1.54) is 14.2 Å². The Morgan fingerprint density at radius 3 is 1.93 bits per heavy atom. The van der Waals surface area contributed by atoms with Gasteiger partial charge in [-0.3, -0.25) is 43.2 Å². The number of amides is 6. The first kappa shape index (κ1) is 59.7. The second-order valence-corrected chi connectivity index (χ2v) is 22.8. The minimum atomic E-state index is -3.98. The van der Waals surface area contributed by atoms with Crippen LogP contribution in [-0.4, -0.2) is 184 Å². The first-order valence-electron chi connectivity index (χ1n) is 25.5. The fourth-order valence-electron chi connectivity index (χ4n) is 10.2. The van der Waals surface area contributed by atoms with Gasteiger partial charge in [-0.15, -0.1) is 0 Å². The Morgan fingerprint density at radius 1 is 0.792 bits per heavy atom. The number of nitrogens with one attached hydrogen (secondary N) is 3. The van der Waals surface area contributed by atoms with Gasteiger partial charge < -0.3 is 44.7 Å². The summed E-state index contributed by atoms with van der Waals surface area (Å²) in [6.07, 6.45) is 1.62. The van der Waals surface area contributed by atoms with Gasteiger partial charge in [-0.2, -0.15) is 0 Å². The number of carboxylic acid groups (broad SMARTS) is 1. The number of carbonyl (C=O) groups excluding carboxylic acids is 6. The van der Waals surface area contributed by atoms with Gasteiger partial charge >= 0.3 is 5.97 Å². The van der Waals surface area contributed by atoms with Gasteiger partial charge in [0.05, 0.1) is 53.8 Å². The second-order valence-electron chi connectivity index (χ2n) is 20.9. The average molecular weight is 1030 g/mol. The summed E-state index contributed by atoms with van der Waals surface area (Å²) in [7, 11) is 4.32. The summed E-state index contributed by atoms with van der Waals surface area (Å²) < 4.78 is 45.8. The van der Waals surface area contributed by atoms with Crippen molar-refractivity contribution >= 4 is 51.4 Å². The summed E-state index contributed by atoms with van der Waals surface area (Å²) in [6.45, 7) is 14.1. The van der Waals surface area contributed by atoms with E-state index >= 15 is 0 Å². The van der Waals surface area contributed by atoms with E-state index in [-0.39, 0.29) is 60.8 Å². The zero-order valence-corrected chi connectivity index (χ0v) is 45.4. The number of nitrogens with zero attached hydrogens (tertiary/aromatic N) is 4. The topological polar surface area (TPSA) is 251 Å². The molecule has 406 valence electrons. The molecule has 4 rings (SSSR count). The molecule has 0 spiro atoms. The van der Waals surface area contributed by atoms with Crippen LogP contribution in [0.4, 0.5) is 0 Å². The van der Waals surface area contributed by atoms with Gasteiger partial charge in [0.15, 0.2) is 6.61 Å². The van der Waals surface area contributed by atoms with E-state index in [9.17, 15) is 47.1 Å². The van der Waals surface area contributed by atoms with E-state index in [0.717, 1.165) is 0 Å². The first-order chi connectivity index (χ1) is 33.9. The summed E-state index contributed by atoms with van der Waals surface area (Å²) in [5.74, 6) is -4.85. The van der Waals surface area contributed by atoms with E-state index in [1.54, 1.807) is 52.9 Å². The lowest BCUT2D eigenvalue weighted by atomic mass is 9.89. The minimum Gasteiger partial charge on any atom is -0.484 e. The lowest BCUT2D eigenvalue weighted by molar-refractivity contribution is -0.148. The van der Waals surface area contributed by atoms with E-state index in [4.69, 9.17) is 14.2 Å². The molecule has 2 saturated heterocycles. The van der Waals surface area contributed by atoms with Crippen molar-refractivity contribution < 1.29 is 61.3 Å². The summed E-state index contributed by atoms with van der Waals surface area (Å²) in [6, 6.07) is 2.77. The molecule has 1 aliphatic carbocycles. The number of sulfonamides is 1. The smallest absolute Gasteiger partial charge is 0.306 e. The minimum absolute atomic E-state index is 0.00284. The highest BCUT2D eigenvalue weighted by atomic mass is 32.2. The van der Waals surface area contributed by atoms with Gasteiger partial charge in [0.2, 0.25) is 33.7 Å². The SMILES string of the molecule is CC[C@H](C)[C@@H]([C@@H](CC(=O)N1CCC[C@H]1[C@H](OC)[C@@H](C)C(=O)N[C@@H](Cc1ccc(OCC(=O)N2CCC(C(=O)O)CC2)cc1)C(=O)NS(=O)(=O)C1CC1)OC)N(C)C(=O)[C@@H](NC(=O)C(C(C)C)N(C)C)C(C)C. The molecule has 1 unspecified atom stereocenters. The van der Waals surface area contributed by atoms with Crippen molar-refractivity contribution in [3.63, 3.8) is 0 Å². The van der Waals surface area contributed by atoms with Crippen LogP contribution < -0.4 is 20.1 Å². The van der Waals surface area contributed by atoms with Crippen LogP contribution in [0.15, 0.2) is 24.3 Å². The highest BCUT2D eigenvalue weighted by Crippen LogP contribution is 2.31. The van der Waals surface area contributed by atoms with E-state index < -0.39 is 87.3 Å². The van der Waals surface area contributed by atoms with Crippen LogP contribution in [0.25, 0.3) is 0 Å². The highest BCUT2D eigenvalue weighted by molar-refractivity contribution is 7.90. The Bertz CT molecular complexity index is 2120. The van der Waals surface area contributed by atoms with Gasteiger partial charge in [0.1, 0.15) is 17.8 Å². The maximum Gasteiger partial charge on any atom is 0.306 e. The lowest BCUT2D eigenvalue weighted by Gasteiger charge is -2.41. The van der Waals surface area contributed by atoms with Crippen molar-refractivity contribution in [3.05, 3.63) is 29.8 Å². The van der Waals surface area contributed by atoms with Crippen molar-refractivity contribution in [2.75, 3.05) is 61.6 Å². The molecule has 2 heterocycles. The molecule has 2 aliphatic heterocycles. The summed E-state index contributed by atoms with van der Waals surface area (Å²) >= 11 is 0. The number of likely N-dealkylation sites (tertiary alicyclic amines) is 2. The standard InChI is InChI=1S/C51H83N7O13S/c1-13-32(6)45(56(10)50(64)43(30(2)3)53-49(63)44(31(4)5)55(8)9)40(69-11)28-41(59)58-24-14-15-39(58)46(70-12)33(7)47(61)52-38(48(62)54-72(67,68)37-20-21-37)27-34-16-18-36(19-17-34)71-29-42(60)57-25-22-35(23-26-57)51(65)66/h16-19,30-33,35,37-40,43-46H,13-15,20-29H2,1-12H3,(H,52,61)(H,53,63)(H,54,62)(H,65,66)/t32-,33+,38-,39-,40+,43-,44?,45-,46+/m0/s1. The second kappa shape index (κ2) is 26.9. The van der Waals surface area contributed by atoms with E-state index in [1.807, 2.05) is 60.5 Å². The van der Waals surface area contributed by atoms with Crippen LogP contribution in [0.3, 0.4) is 0 Å². The van der Waals surface area contributed by atoms with Gasteiger partial charge in [0, 0.05) is 47.3 Å². The number of aliphatic carboxylic acids is 1. The zero-order chi connectivity index (χ0) is 53.8. The number of piperidine rings is 1. The molecule has 0 aromatic heterocycles. The fraction of sp³-hybridized carbons (Fsp3) is 0.745. The maximum absolute atomic E-state index is 14.5. The third-order valence-electron chi connectivity index (χ3n) is 14.7. The largest absolute Gasteiger partial charge is 0.484 e. The van der Waals surface area contributed by atoms with E-state index in [0.29, 0.717) is 75.9 Å². The number of benzene rings is 1. The molecule has 72 heavy (non-hydrogen) atoms. The molecule has 3 fully saturated rings. The first-order valence-corrected chi connectivity index (χ1v) is 27.1. The quantitative estimate of drug-likeness (QED) is 0.0990. The summed E-state index contributed by atoms with van der Waals surface area (Å²) in [5, 5.41) is 14.4. The predicted molar refractivity (Wildman–Crippen MR) is 270 cm³/mol. The van der Waals surface area contributed by atoms with E-state index in [2.05, 4.69) is 15.4 Å². The van der Waals surface area contributed by atoms with Crippen LogP contribution in [0, 0.1) is 29.6 Å². The number of hydrogen-bond acceptors (Lipinski definition) is 13. The van der Waals surface area contributed by atoms with Crippen LogP contribution in [0.1, 0.15) is 105 Å². The molecular formula is C51H83N7O13S. The number of carbonyl (C=O) groups is 7. The zero-order valence-electron chi connectivity index (χ0n) is 44.6. The molecule has 1 aromatic rings. The highest BCUT2D eigenvalue weighted by Gasteiger charge is 2.44. The Hall–Kier alpha value is -4.86. The van der Waals surface area contributed by atoms with Crippen molar-refractivity contribution in [3.8, 4) is 5.75 Å². The molecule has 21 heteroatoms. The maximum atomic E-state index is 14.5. The molecule has 0 bridgehead atoms. The average Bonchev–Trinajstić information content (AvgIpc) is 4.10. The Kier molecular flexibility index (Phi) is 22.3. The van der Waals surface area contributed by atoms with Crippen molar-refractivity contribution in [1.82, 2.24) is 35.0 Å². The number of carboxylic acids is 1. The molecule has 3 aliphatic rings. The normalized spacial score (nSPS) is 20.0. The number of ether oxygens (including phenoxy) is 3. The van der Waals surface area contributed by atoms with Crippen LogP contribution in [-0.2, 0) is 59.5 Å². The van der Waals surface area contributed by atoms with Crippen LogP contribution in [0.5, 0.6) is 5.75 Å². The third kappa shape index (κ3) is 15.8. The fourth-order valence-corrected chi connectivity index (χ4v) is 11.5. The number of hydrogen-bond donors (Lipinski definition) is 4. The predicted octanol–water partition coefficient (Wildman–Crippen LogP) is 2.67. The molecular weight excluding hydrogens is 951 g/mol. The molecule has 9 atom stereocenters. The molecule has 1 saturated carbocycles. The molecule has 6 amide bonds. The van der Waals surface area contributed by atoms with Gasteiger partial charge in [-0.1, -0.05) is 67.0 Å². The third-order valence-corrected chi connectivity index (χ3v) is 16.5. The molecule has 4 N–H and O–H groups in total. The van der Waals surface area contributed by atoms with Crippen molar-refractivity contribution in [1.29, 1.82) is 0 Å². The summed E-state index contributed by atoms with van der Waals surface area (Å²) in [5.41, 5.74) is 0.557. The van der Waals surface area contributed by atoms with Gasteiger partial charge in [0.25, 0.3) is 11.8 Å². The van der Waals surface area contributed by atoms with Crippen LogP contribution in [0.2, 0.25) is 0 Å². The number of likely N-dealkylation sites (N-methyl/N-ethyl adjacent to an activating group) is 2. The van der Waals surface area contributed by atoms with Crippen molar-refractivity contribution in [2.45, 2.75) is 154 Å². The lowest BCUT2D eigenvalue weighted by Crippen LogP contribution is -2.59. The van der Waals surface area contributed by atoms with Crippen molar-refractivity contribution in [2.24, 2.45) is 29.6 Å². The van der Waals surface area contributed by atoms with Gasteiger partial charge in [-0.25, -0.2) is 8.42 Å². The Balaban J connectivity index is 1.47. The summed E-state index contributed by atoms with van der Waals surface area (Å²) in [4.78, 5) is 101. The van der Waals surface area contributed by atoms with Gasteiger partial charge in [-0.05, 0) is 88.1 Å². The molecule has 0 radical (unpaired) electrons. The number of methoxy groups -OCH3 is 2. The Morgan fingerprint density at radius 2 is 1.42 bits per heavy atom. The number of rotatable bonds is 27. The molecule has 20 nitrogen and oxygen atoms in total. The molecule has 1 aromatic carbocycles.